The maximum atomic E-state index is 12.0. The van der Waals surface area contributed by atoms with Crippen LogP contribution in [-0.2, 0) is 11.2 Å². The highest BCUT2D eigenvalue weighted by molar-refractivity contribution is 6.29. The van der Waals surface area contributed by atoms with Crippen LogP contribution in [0.4, 0.5) is 0 Å². The zero-order valence-corrected chi connectivity index (χ0v) is 11.4. The molecule has 0 radical (unpaired) electrons. The molecule has 1 aliphatic rings. The van der Waals surface area contributed by atoms with E-state index in [0.29, 0.717) is 30.5 Å². The van der Waals surface area contributed by atoms with Crippen LogP contribution in [0.3, 0.4) is 0 Å². The van der Waals surface area contributed by atoms with E-state index in [4.69, 9.17) is 16.3 Å². The fraction of sp³-hybridized carbons (Fsp3) is 0.538. The predicted octanol–water partition coefficient (Wildman–Crippen LogP) is 2.06. The average Bonchev–Trinajstić information content (AvgIpc) is 2.32. The summed E-state index contributed by atoms with van der Waals surface area (Å²) in [7, 11) is 0. The number of nitrogens with one attached hydrogen (secondary N) is 1. The van der Waals surface area contributed by atoms with E-state index in [2.05, 4.69) is 17.2 Å². The van der Waals surface area contributed by atoms with E-state index in [9.17, 15) is 4.79 Å². The molecule has 98 valence electrons. The molecule has 1 amide bonds. The van der Waals surface area contributed by atoms with Crippen LogP contribution in [0.5, 0.6) is 0 Å². The molecule has 1 aromatic heterocycles. The minimum atomic E-state index is -0.109. The van der Waals surface area contributed by atoms with Crippen molar-refractivity contribution in [2.75, 3.05) is 19.8 Å². The van der Waals surface area contributed by atoms with Gasteiger partial charge in [0.1, 0.15) is 5.15 Å². The van der Waals surface area contributed by atoms with E-state index in [1.165, 1.54) is 0 Å². The Morgan fingerprint density at radius 1 is 1.56 bits per heavy atom. The zero-order chi connectivity index (χ0) is 13.2. The molecular formula is C13H17ClN2O2. The monoisotopic (exact) mass is 268 g/mol. The molecule has 0 unspecified atom stereocenters. The van der Waals surface area contributed by atoms with E-state index in [0.717, 1.165) is 12.1 Å². The standard InChI is InChI=1S/C13H17ClN2O2/c1-3-10-4-9(5-11(14)16-10)12(17)15-6-13(2)7-18-8-13/h4-5H,3,6-8H2,1-2H3,(H,15,17). The number of hydrogen-bond acceptors (Lipinski definition) is 3. The minimum absolute atomic E-state index is 0.0695. The van der Waals surface area contributed by atoms with Gasteiger partial charge >= 0.3 is 0 Å². The van der Waals surface area contributed by atoms with Gasteiger partial charge in [0.05, 0.1) is 13.2 Å². The van der Waals surface area contributed by atoms with Crippen molar-refractivity contribution in [2.45, 2.75) is 20.3 Å². The molecule has 1 fully saturated rings. The molecule has 1 saturated heterocycles. The third-order valence-corrected chi connectivity index (χ3v) is 3.24. The minimum Gasteiger partial charge on any atom is -0.380 e. The molecular weight excluding hydrogens is 252 g/mol. The van der Waals surface area contributed by atoms with Crippen LogP contribution < -0.4 is 5.32 Å². The number of carbonyl (C=O) groups is 1. The van der Waals surface area contributed by atoms with Crippen molar-refractivity contribution in [1.29, 1.82) is 0 Å². The number of ether oxygens (including phenoxy) is 1. The van der Waals surface area contributed by atoms with Crippen LogP contribution in [0.1, 0.15) is 29.9 Å². The van der Waals surface area contributed by atoms with Crippen LogP contribution in [0.2, 0.25) is 5.15 Å². The Balaban J connectivity index is 2.01. The van der Waals surface area contributed by atoms with Gasteiger partial charge in [-0.15, -0.1) is 0 Å². The SMILES string of the molecule is CCc1cc(C(=O)NCC2(C)COC2)cc(Cl)n1. The van der Waals surface area contributed by atoms with Gasteiger partial charge in [0.25, 0.3) is 5.91 Å². The molecule has 2 rings (SSSR count). The summed E-state index contributed by atoms with van der Waals surface area (Å²) in [5.41, 5.74) is 1.46. The molecule has 4 nitrogen and oxygen atoms in total. The summed E-state index contributed by atoms with van der Waals surface area (Å²) in [5, 5.41) is 3.27. The Hall–Kier alpha value is -1.13. The van der Waals surface area contributed by atoms with Crippen molar-refractivity contribution < 1.29 is 9.53 Å². The predicted molar refractivity (Wildman–Crippen MR) is 69.9 cm³/mol. The van der Waals surface area contributed by atoms with Crippen molar-refractivity contribution in [3.8, 4) is 0 Å². The van der Waals surface area contributed by atoms with Crippen LogP contribution in [-0.4, -0.2) is 30.6 Å². The van der Waals surface area contributed by atoms with Crippen molar-refractivity contribution in [1.82, 2.24) is 10.3 Å². The van der Waals surface area contributed by atoms with Gasteiger partial charge in [-0.3, -0.25) is 4.79 Å². The van der Waals surface area contributed by atoms with E-state index >= 15 is 0 Å². The molecule has 0 spiro atoms. The van der Waals surface area contributed by atoms with Crippen LogP contribution in [0, 0.1) is 5.41 Å². The topological polar surface area (TPSA) is 51.2 Å². The Labute approximate surface area is 112 Å². The number of carbonyl (C=O) groups excluding carboxylic acids is 1. The van der Waals surface area contributed by atoms with Crippen LogP contribution in [0.25, 0.3) is 0 Å². The molecule has 0 atom stereocenters. The first-order chi connectivity index (χ1) is 8.52. The molecule has 1 aromatic rings. The molecule has 18 heavy (non-hydrogen) atoms. The van der Waals surface area contributed by atoms with E-state index in [1.54, 1.807) is 12.1 Å². The number of aromatic nitrogens is 1. The van der Waals surface area contributed by atoms with Crippen molar-refractivity contribution in [2.24, 2.45) is 5.41 Å². The second kappa shape index (κ2) is 5.24. The maximum Gasteiger partial charge on any atom is 0.251 e. The average molecular weight is 269 g/mol. The van der Waals surface area contributed by atoms with Gasteiger partial charge in [-0.2, -0.15) is 0 Å². The lowest BCUT2D eigenvalue weighted by Crippen LogP contribution is -2.48. The van der Waals surface area contributed by atoms with E-state index in [-0.39, 0.29) is 11.3 Å². The highest BCUT2D eigenvalue weighted by Gasteiger charge is 2.33. The van der Waals surface area contributed by atoms with Gasteiger partial charge in [0.15, 0.2) is 0 Å². The maximum absolute atomic E-state index is 12.0. The first kappa shape index (κ1) is 13.3. The van der Waals surface area contributed by atoms with Gasteiger partial charge in [0, 0.05) is 23.2 Å². The lowest BCUT2D eigenvalue weighted by Gasteiger charge is -2.38. The van der Waals surface area contributed by atoms with Crippen molar-refractivity contribution in [3.63, 3.8) is 0 Å². The molecule has 0 saturated carbocycles. The summed E-state index contributed by atoms with van der Waals surface area (Å²) in [4.78, 5) is 16.1. The summed E-state index contributed by atoms with van der Waals surface area (Å²) in [6.45, 7) is 6.09. The number of amides is 1. The Morgan fingerprint density at radius 2 is 2.28 bits per heavy atom. The summed E-state index contributed by atoms with van der Waals surface area (Å²) >= 11 is 5.89. The molecule has 0 aromatic carbocycles. The third-order valence-electron chi connectivity index (χ3n) is 3.05. The first-order valence-electron chi connectivity index (χ1n) is 6.05. The number of nitrogens with zero attached hydrogens (tertiary/aromatic N) is 1. The van der Waals surface area contributed by atoms with Gasteiger partial charge in [-0.1, -0.05) is 25.4 Å². The number of halogens is 1. The highest BCUT2D eigenvalue weighted by Crippen LogP contribution is 2.25. The molecule has 2 heterocycles. The molecule has 5 heteroatoms. The summed E-state index contributed by atoms with van der Waals surface area (Å²) in [6.07, 6.45) is 0.756. The number of rotatable bonds is 4. The summed E-state index contributed by atoms with van der Waals surface area (Å²) in [6, 6.07) is 3.37. The molecule has 0 bridgehead atoms. The molecule has 1 aliphatic heterocycles. The summed E-state index contributed by atoms with van der Waals surface area (Å²) < 4.78 is 5.15. The number of aryl methyl sites for hydroxylation is 1. The number of hydrogen-bond donors (Lipinski definition) is 1. The molecule has 0 aliphatic carbocycles. The van der Waals surface area contributed by atoms with Crippen molar-refractivity contribution in [3.05, 3.63) is 28.5 Å². The smallest absolute Gasteiger partial charge is 0.251 e. The second-order valence-corrected chi connectivity index (χ2v) is 5.40. The normalized spacial score (nSPS) is 17.1. The largest absolute Gasteiger partial charge is 0.380 e. The lowest BCUT2D eigenvalue weighted by molar-refractivity contribution is -0.0978. The fourth-order valence-corrected chi connectivity index (χ4v) is 2.04. The Morgan fingerprint density at radius 3 is 2.83 bits per heavy atom. The molecule has 1 N–H and O–H groups in total. The third kappa shape index (κ3) is 3.00. The van der Waals surface area contributed by atoms with Gasteiger partial charge in [-0.05, 0) is 18.6 Å². The van der Waals surface area contributed by atoms with E-state index in [1.807, 2.05) is 6.92 Å². The zero-order valence-electron chi connectivity index (χ0n) is 10.6. The second-order valence-electron chi connectivity index (χ2n) is 5.01. The van der Waals surface area contributed by atoms with Crippen LogP contribution >= 0.6 is 11.6 Å². The highest BCUT2D eigenvalue weighted by atomic mass is 35.5. The van der Waals surface area contributed by atoms with Crippen LogP contribution in [0.15, 0.2) is 12.1 Å². The fourth-order valence-electron chi connectivity index (χ4n) is 1.81. The Kier molecular flexibility index (Phi) is 3.88. The van der Waals surface area contributed by atoms with Gasteiger partial charge < -0.3 is 10.1 Å². The lowest BCUT2D eigenvalue weighted by atomic mass is 9.88. The summed E-state index contributed by atoms with van der Waals surface area (Å²) in [5.74, 6) is -0.109. The Bertz CT molecular complexity index is 458. The van der Waals surface area contributed by atoms with Gasteiger partial charge in [-0.25, -0.2) is 4.98 Å². The van der Waals surface area contributed by atoms with Gasteiger partial charge in [0.2, 0.25) is 0 Å². The first-order valence-corrected chi connectivity index (χ1v) is 6.43. The van der Waals surface area contributed by atoms with E-state index < -0.39 is 0 Å². The quantitative estimate of drug-likeness (QED) is 0.851. The van der Waals surface area contributed by atoms with Crippen molar-refractivity contribution >= 4 is 17.5 Å². The number of pyridine rings is 1.